The van der Waals surface area contributed by atoms with Crippen LogP contribution in [0.1, 0.15) is 34.8 Å². The average Bonchev–Trinajstić information content (AvgIpc) is 3.26. The molecule has 0 fully saturated rings. The summed E-state index contributed by atoms with van der Waals surface area (Å²) < 4.78 is 74.5. The van der Waals surface area contributed by atoms with E-state index in [9.17, 15) is 22.4 Å². The molecule has 1 unspecified atom stereocenters. The predicted molar refractivity (Wildman–Crippen MR) is 105 cm³/mol. The number of carbonyl (C=O) groups excluding carboxylic acids is 1. The van der Waals surface area contributed by atoms with E-state index in [1.165, 1.54) is 26.4 Å². The Hall–Kier alpha value is -3.69. The lowest BCUT2D eigenvalue weighted by molar-refractivity contribution is 0.0907. The molecule has 0 aliphatic heterocycles. The van der Waals surface area contributed by atoms with Crippen LogP contribution in [-0.2, 0) is 6.61 Å². The lowest BCUT2D eigenvalue weighted by Gasteiger charge is -2.17. The summed E-state index contributed by atoms with van der Waals surface area (Å²) in [6.45, 7) is 1.16. The molecule has 1 aromatic heterocycles. The molecule has 0 radical (unpaired) electrons. The zero-order valence-electron chi connectivity index (χ0n) is 17.3. The van der Waals surface area contributed by atoms with Crippen molar-refractivity contribution in [3.05, 3.63) is 76.8 Å². The molecule has 1 N–H and O–H groups in total. The summed E-state index contributed by atoms with van der Waals surface area (Å²) in [5.41, 5.74) is 0.661. The second-order valence-corrected chi connectivity index (χ2v) is 6.65. The Morgan fingerprint density at radius 2 is 1.69 bits per heavy atom. The molecule has 0 spiro atoms. The van der Waals surface area contributed by atoms with Gasteiger partial charge in [-0.15, -0.1) is 0 Å². The van der Waals surface area contributed by atoms with Crippen LogP contribution in [0.5, 0.6) is 17.2 Å². The zero-order valence-corrected chi connectivity index (χ0v) is 17.3. The first-order valence-corrected chi connectivity index (χ1v) is 9.32. The van der Waals surface area contributed by atoms with E-state index in [2.05, 4.69) is 5.32 Å². The van der Waals surface area contributed by atoms with Gasteiger partial charge >= 0.3 is 0 Å². The molecule has 3 aromatic rings. The third-order valence-electron chi connectivity index (χ3n) is 4.57. The first-order valence-electron chi connectivity index (χ1n) is 9.32. The summed E-state index contributed by atoms with van der Waals surface area (Å²) in [5, 5.41) is 2.73. The molecular weight excluding hydrogens is 434 g/mol. The lowest BCUT2D eigenvalue weighted by Crippen LogP contribution is -2.26. The predicted octanol–water partition coefficient (Wildman–Crippen LogP) is 4.92. The number of hydrogen-bond donors (Lipinski definition) is 1. The summed E-state index contributed by atoms with van der Waals surface area (Å²) in [6.07, 6.45) is 0. The van der Waals surface area contributed by atoms with Gasteiger partial charge in [-0.3, -0.25) is 4.79 Å². The number of hydrogen-bond acceptors (Lipinski definition) is 5. The Labute approximate surface area is 180 Å². The molecule has 1 amide bonds. The van der Waals surface area contributed by atoms with Crippen molar-refractivity contribution < 1.29 is 41.0 Å². The van der Waals surface area contributed by atoms with Gasteiger partial charge in [-0.1, -0.05) is 0 Å². The number of amides is 1. The molecule has 6 nitrogen and oxygen atoms in total. The minimum absolute atomic E-state index is 0.00485. The molecule has 3 rings (SSSR count). The van der Waals surface area contributed by atoms with Crippen LogP contribution in [-0.4, -0.2) is 20.1 Å². The summed E-state index contributed by atoms with van der Waals surface area (Å²) >= 11 is 0. The number of methoxy groups -OCH3 is 2. The molecule has 0 saturated heterocycles. The highest BCUT2D eigenvalue weighted by atomic mass is 19.2. The third-order valence-corrected chi connectivity index (χ3v) is 4.57. The standard InChI is InChI=1S/C22H19F4NO5/c1-11(14-8-12(29-2)4-6-17(14)30-3)27-22(28)18-7-5-13(32-18)10-31-21-19(25)15(23)9-16(24)20(21)26/h4-9,11H,10H2,1-3H3,(H,27,28). The van der Waals surface area contributed by atoms with Gasteiger partial charge in [0.25, 0.3) is 5.91 Å². The summed E-state index contributed by atoms with van der Waals surface area (Å²) in [7, 11) is 3.01. The van der Waals surface area contributed by atoms with Crippen LogP contribution in [0.2, 0.25) is 0 Å². The van der Waals surface area contributed by atoms with Gasteiger partial charge in [-0.2, -0.15) is 8.78 Å². The van der Waals surface area contributed by atoms with Crippen LogP contribution in [0, 0.1) is 23.3 Å². The lowest BCUT2D eigenvalue weighted by atomic mass is 10.1. The van der Waals surface area contributed by atoms with Crippen molar-refractivity contribution in [2.75, 3.05) is 14.2 Å². The second-order valence-electron chi connectivity index (χ2n) is 6.65. The topological polar surface area (TPSA) is 69.9 Å². The molecule has 0 aliphatic carbocycles. The maximum atomic E-state index is 13.7. The van der Waals surface area contributed by atoms with Crippen molar-refractivity contribution in [1.29, 1.82) is 0 Å². The van der Waals surface area contributed by atoms with Crippen molar-refractivity contribution in [2.45, 2.75) is 19.6 Å². The SMILES string of the molecule is COc1ccc(OC)c(C(C)NC(=O)c2ccc(COc3c(F)c(F)cc(F)c3F)o2)c1. The van der Waals surface area contributed by atoms with Crippen LogP contribution in [0.4, 0.5) is 17.6 Å². The van der Waals surface area contributed by atoms with E-state index in [1.807, 2.05) is 0 Å². The van der Waals surface area contributed by atoms with E-state index >= 15 is 0 Å². The van der Waals surface area contributed by atoms with Gasteiger partial charge in [-0.05, 0) is 37.3 Å². The van der Waals surface area contributed by atoms with E-state index in [0.29, 0.717) is 17.1 Å². The molecule has 170 valence electrons. The first-order chi connectivity index (χ1) is 15.2. The van der Waals surface area contributed by atoms with Gasteiger partial charge in [0.2, 0.25) is 11.6 Å². The second kappa shape index (κ2) is 9.63. The summed E-state index contributed by atoms with van der Waals surface area (Å²) in [5.74, 6) is -7.32. The number of rotatable bonds is 8. The summed E-state index contributed by atoms with van der Waals surface area (Å²) in [4.78, 5) is 12.5. The Balaban J connectivity index is 1.69. The maximum Gasteiger partial charge on any atom is 0.287 e. The van der Waals surface area contributed by atoms with Gasteiger partial charge in [0.15, 0.2) is 23.1 Å². The normalized spacial score (nSPS) is 11.7. The fraction of sp³-hybridized carbons (Fsp3) is 0.227. The number of nitrogens with one attached hydrogen (secondary N) is 1. The Morgan fingerprint density at radius 3 is 2.31 bits per heavy atom. The number of carbonyl (C=O) groups is 1. The first kappa shape index (κ1) is 23.0. The number of furan rings is 1. The van der Waals surface area contributed by atoms with E-state index in [-0.39, 0.29) is 17.6 Å². The number of benzene rings is 2. The molecule has 1 atom stereocenters. The van der Waals surface area contributed by atoms with Crippen LogP contribution < -0.4 is 19.5 Å². The zero-order chi connectivity index (χ0) is 23.4. The Morgan fingerprint density at radius 1 is 1.00 bits per heavy atom. The molecule has 10 heteroatoms. The van der Waals surface area contributed by atoms with Crippen LogP contribution in [0.15, 0.2) is 40.8 Å². The van der Waals surface area contributed by atoms with Crippen molar-refractivity contribution in [3.8, 4) is 17.2 Å². The molecular formula is C22H19F4NO5. The molecule has 32 heavy (non-hydrogen) atoms. The van der Waals surface area contributed by atoms with Crippen molar-refractivity contribution in [2.24, 2.45) is 0 Å². The Bertz CT molecular complexity index is 1110. The summed E-state index contributed by atoms with van der Waals surface area (Å²) in [6, 6.07) is 7.37. The van der Waals surface area contributed by atoms with Gasteiger partial charge in [0.1, 0.15) is 23.9 Å². The molecule has 0 aliphatic rings. The van der Waals surface area contributed by atoms with E-state index < -0.39 is 47.6 Å². The third kappa shape index (κ3) is 4.79. The van der Waals surface area contributed by atoms with Crippen LogP contribution in [0.3, 0.4) is 0 Å². The fourth-order valence-corrected chi connectivity index (χ4v) is 2.92. The average molecular weight is 453 g/mol. The highest BCUT2D eigenvalue weighted by Crippen LogP contribution is 2.30. The Kier molecular flexibility index (Phi) is 6.92. The van der Waals surface area contributed by atoms with E-state index in [4.69, 9.17) is 18.6 Å². The van der Waals surface area contributed by atoms with Crippen molar-refractivity contribution >= 4 is 5.91 Å². The molecule has 0 saturated carbocycles. The minimum atomic E-state index is -1.67. The molecule has 1 heterocycles. The fourth-order valence-electron chi connectivity index (χ4n) is 2.92. The minimum Gasteiger partial charge on any atom is -0.497 e. The maximum absolute atomic E-state index is 13.7. The highest BCUT2D eigenvalue weighted by molar-refractivity contribution is 5.91. The largest absolute Gasteiger partial charge is 0.497 e. The van der Waals surface area contributed by atoms with Crippen molar-refractivity contribution in [1.82, 2.24) is 5.32 Å². The molecule has 0 bridgehead atoms. The van der Waals surface area contributed by atoms with Crippen molar-refractivity contribution in [3.63, 3.8) is 0 Å². The van der Waals surface area contributed by atoms with Gasteiger partial charge in [-0.25, -0.2) is 8.78 Å². The van der Waals surface area contributed by atoms with E-state index in [0.717, 1.165) is 0 Å². The smallest absolute Gasteiger partial charge is 0.287 e. The monoisotopic (exact) mass is 453 g/mol. The van der Waals surface area contributed by atoms with Crippen LogP contribution in [0.25, 0.3) is 0 Å². The number of ether oxygens (including phenoxy) is 3. The van der Waals surface area contributed by atoms with E-state index in [1.54, 1.807) is 25.1 Å². The molecule has 2 aromatic carbocycles. The highest BCUT2D eigenvalue weighted by Gasteiger charge is 2.22. The van der Waals surface area contributed by atoms with Crippen LogP contribution >= 0.6 is 0 Å². The van der Waals surface area contributed by atoms with Gasteiger partial charge in [0.05, 0.1) is 20.3 Å². The van der Waals surface area contributed by atoms with Gasteiger partial charge < -0.3 is 23.9 Å². The van der Waals surface area contributed by atoms with Gasteiger partial charge in [0, 0.05) is 11.6 Å². The quantitative estimate of drug-likeness (QED) is 0.387. The number of halogens is 4.